The Morgan fingerprint density at radius 3 is 2.78 bits per heavy atom. The zero-order valence-corrected chi connectivity index (χ0v) is 6.22. The van der Waals surface area contributed by atoms with Crippen molar-refractivity contribution in [2.24, 2.45) is 9.98 Å². The SMILES string of the molecule is CN=CN=C(CCl)OC. The van der Waals surface area contributed by atoms with Gasteiger partial charge in [0.1, 0.15) is 6.34 Å². The Labute approximate surface area is 59.4 Å². The number of rotatable bonds is 2. The van der Waals surface area contributed by atoms with Gasteiger partial charge in [0.2, 0.25) is 5.90 Å². The highest BCUT2D eigenvalue weighted by atomic mass is 35.5. The fourth-order valence-electron chi connectivity index (χ4n) is 0.264. The minimum absolute atomic E-state index is 0.280. The number of hydrogen-bond acceptors (Lipinski definition) is 2. The number of aliphatic imine (C=N–C) groups is 2. The molecule has 0 fully saturated rings. The van der Waals surface area contributed by atoms with Crippen LogP contribution in [0.5, 0.6) is 0 Å². The van der Waals surface area contributed by atoms with E-state index in [9.17, 15) is 0 Å². The van der Waals surface area contributed by atoms with Crippen molar-refractivity contribution >= 4 is 23.8 Å². The fourth-order valence-corrected chi connectivity index (χ4v) is 0.442. The number of halogens is 1. The standard InChI is InChI=1S/C5H9ClN2O/c1-7-4-8-5(3-6)9-2/h4H,3H2,1-2H3. The van der Waals surface area contributed by atoms with Crippen molar-refractivity contribution in [1.82, 2.24) is 0 Å². The van der Waals surface area contributed by atoms with Crippen LogP contribution < -0.4 is 0 Å². The van der Waals surface area contributed by atoms with Crippen molar-refractivity contribution in [3.8, 4) is 0 Å². The number of alkyl halides is 1. The van der Waals surface area contributed by atoms with Gasteiger partial charge in [-0.3, -0.25) is 4.99 Å². The molecule has 0 atom stereocenters. The Kier molecular flexibility index (Phi) is 5.21. The first-order valence-corrected chi connectivity index (χ1v) is 2.95. The van der Waals surface area contributed by atoms with E-state index >= 15 is 0 Å². The summed E-state index contributed by atoms with van der Waals surface area (Å²) in [6.45, 7) is 0. The molecular formula is C5H9ClN2O. The molecule has 0 heterocycles. The van der Waals surface area contributed by atoms with Gasteiger partial charge in [-0.05, 0) is 0 Å². The monoisotopic (exact) mass is 148 g/mol. The van der Waals surface area contributed by atoms with Crippen molar-refractivity contribution in [3.05, 3.63) is 0 Å². The molecule has 52 valence electrons. The summed E-state index contributed by atoms with van der Waals surface area (Å²) in [4.78, 5) is 7.37. The second kappa shape index (κ2) is 5.56. The summed E-state index contributed by atoms with van der Waals surface area (Å²) in [6.07, 6.45) is 1.39. The van der Waals surface area contributed by atoms with Crippen molar-refractivity contribution in [3.63, 3.8) is 0 Å². The first-order chi connectivity index (χ1) is 4.35. The molecule has 0 aliphatic carbocycles. The largest absolute Gasteiger partial charge is 0.483 e. The van der Waals surface area contributed by atoms with Gasteiger partial charge in [0.25, 0.3) is 0 Å². The van der Waals surface area contributed by atoms with Gasteiger partial charge < -0.3 is 4.74 Å². The lowest BCUT2D eigenvalue weighted by Gasteiger charge is -1.94. The summed E-state index contributed by atoms with van der Waals surface area (Å²) in [7, 11) is 3.15. The van der Waals surface area contributed by atoms with Crippen LogP contribution in [0.1, 0.15) is 0 Å². The van der Waals surface area contributed by atoms with Crippen LogP contribution in [-0.4, -0.2) is 32.3 Å². The number of ether oxygens (including phenoxy) is 1. The molecule has 3 nitrogen and oxygen atoms in total. The van der Waals surface area contributed by atoms with E-state index < -0.39 is 0 Å². The second-order valence-corrected chi connectivity index (χ2v) is 1.50. The van der Waals surface area contributed by atoms with Crippen molar-refractivity contribution in [2.45, 2.75) is 0 Å². The highest BCUT2D eigenvalue weighted by Gasteiger charge is 1.89. The highest BCUT2D eigenvalue weighted by Crippen LogP contribution is 1.82. The maximum Gasteiger partial charge on any atom is 0.204 e. The van der Waals surface area contributed by atoms with E-state index in [0.717, 1.165) is 0 Å². The maximum atomic E-state index is 5.39. The molecule has 0 N–H and O–H groups in total. The third-order valence-corrected chi connectivity index (χ3v) is 0.896. The van der Waals surface area contributed by atoms with Gasteiger partial charge in [-0.1, -0.05) is 0 Å². The third-order valence-electron chi connectivity index (χ3n) is 0.667. The molecule has 0 bridgehead atoms. The summed E-state index contributed by atoms with van der Waals surface area (Å²) >= 11 is 5.39. The van der Waals surface area contributed by atoms with Crippen LogP contribution in [-0.2, 0) is 4.74 Å². The fraction of sp³-hybridized carbons (Fsp3) is 0.600. The zero-order valence-electron chi connectivity index (χ0n) is 5.47. The highest BCUT2D eigenvalue weighted by molar-refractivity contribution is 6.27. The van der Waals surface area contributed by atoms with Gasteiger partial charge in [0.05, 0.1) is 13.0 Å². The first kappa shape index (κ1) is 8.43. The number of hydrogen-bond donors (Lipinski definition) is 0. The molecule has 0 rings (SSSR count). The van der Waals surface area contributed by atoms with Crippen LogP contribution in [0.15, 0.2) is 9.98 Å². The quantitative estimate of drug-likeness (QED) is 0.326. The lowest BCUT2D eigenvalue weighted by molar-refractivity contribution is 0.402. The van der Waals surface area contributed by atoms with Gasteiger partial charge >= 0.3 is 0 Å². The summed E-state index contributed by atoms with van der Waals surface area (Å²) in [5.74, 6) is 0.755. The van der Waals surface area contributed by atoms with Crippen LogP contribution in [0.4, 0.5) is 0 Å². The van der Waals surface area contributed by atoms with Gasteiger partial charge in [0.15, 0.2) is 0 Å². The van der Waals surface area contributed by atoms with Crippen LogP contribution in [0.2, 0.25) is 0 Å². The van der Waals surface area contributed by atoms with Gasteiger partial charge in [0, 0.05) is 7.05 Å². The average Bonchev–Trinajstić information content (AvgIpc) is 1.91. The Morgan fingerprint density at radius 2 is 2.44 bits per heavy atom. The molecule has 0 radical (unpaired) electrons. The molecule has 0 saturated heterocycles. The van der Waals surface area contributed by atoms with E-state index in [-0.39, 0.29) is 5.88 Å². The van der Waals surface area contributed by atoms with E-state index in [4.69, 9.17) is 16.3 Å². The zero-order chi connectivity index (χ0) is 7.11. The number of nitrogens with zero attached hydrogens (tertiary/aromatic N) is 2. The molecular weight excluding hydrogens is 140 g/mol. The van der Waals surface area contributed by atoms with Crippen LogP contribution in [0.3, 0.4) is 0 Å². The molecule has 0 aromatic carbocycles. The minimum atomic E-state index is 0.280. The Morgan fingerprint density at radius 1 is 1.78 bits per heavy atom. The predicted octanol–water partition coefficient (Wildman–Crippen LogP) is 0.928. The molecule has 4 heteroatoms. The summed E-state index contributed by atoms with van der Waals surface area (Å²) < 4.78 is 4.73. The molecule has 0 unspecified atom stereocenters. The van der Waals surface area contributed by atoms with E-state index in [1.165, 1.54) is 13.4 Å². The molecule has 0 amide bonds. The van der Waals surface area contributed by atoms with E-state index in [1.807, 2.05) is 0 Å². The topological polar surface area (TPSA) is 34.0 Å². The third kappa shape index (κ3) is 3.97. The lowest BCUT2D eigenvalue weighted by atomic mass is 10.8. The number of methoxy groups -OCH3 is 1. The summed E-state index contributed by atoms with van der Waals surface area (Å²) in [5.41, 5.74) is 0. The van der Waals surface area contributed by atoms with E-state index in [1.54, 1.807) is 7.05 Å². The van der Waals surface area contributed by atoms with E-state index in [0.29, 0.717) is 5.90 Å². The molecule has 0 aliphatic rings. The van der Waals surface area contributed by atoms with Gasteiger partial charge in [-0.15, -0.1) is 11.6 Å². The minimum Gasteiger partial charge on any atom is -0.483 e. The van der Waals surface area contributed by atoms with Crippen molar-refractivity contribution < 1.29 is 4.74 Å². The molecule has 0 aromatic rings. The predicted molar refractivity (Wildman–Crippen MR) is 39.6 cm³/mol. The molecule has 0 aliphatic heterocycles. The van der Waals surface area contributed by atoms with Crippen molar-refractivity contribution in [1.29, 1.82) is 0 Å². The average molecular weight is 149 g/mol. The Hall–Kier alpha value is -0.570. The smallest absolute Gasteiger partial charge is 0.204 e. The molecule has 0 saturated carbocycles. The molecule has 0 aromatic heterocycles. The summed E-state index contributed by atoms with van der Waals surface area (Å²) in [6, 6.07) is 0. The van der Waals surface area contributed by atoms with Crippen LogP contribution in [0.25, 0.3) is 0 Å². The van der Waals surface area contributed by atoms with Crippen LogP contribution >= 0.6 is 11.6 Å². The maximum absolute atomic E-state index is 5.39. The molecule has 9 heavy (non-hydrogen) atoms. The Balaban J connectivity index is 3.75. The van der Waals surface area contributed by atoms with E-state index in [2.05, 4.69) is 9.98 Å². The first-order valence-electron chi connectivity index (χ1n) is 2.42. The Bertz CT molecular complexity index is 116. The van der Waals surface area contributed by atoms with Gasteiger partial charge in [-0.25, -0.2) is 4.99 Å². The summed E-state index contributed by atoms with van der Waals surface area (Å²) in [5, 5.41) is 0. The van der Waals surface area contributed by atoms with Crippen molar-refractivity contribution in [2.75, 3.05) is 20.0 Å². The van der Waals surface area contributed by atoms with Gasteiger partial charge in [-0.2, -0.15) is 0 Å². The second-order valence-electron chi connectivity index (χ2n) is 1.23. The lowest BCUT2D eigenvalue weighted by Crippen LogP contribution is -2.02. The molecule has 0 spiro atoms. The normalized spacial score (nSPS) is 12.6. The van der Waals surface area contributed by atoms with Crippen LogP contribution in [0, 0.1) is 0 Å².